The van der Waals surface area contributed by atoms with Crippen LogP contribution in [-0.2, 0) is 0 Å². The molecular formula is C23H30ClN3O2S. The van der Waals surface area contributed by atoms with Gasteiger partial charge in [0.15, 0.2) is 0 Å². The van der Waals surface area contributed by atoms with Crippen LogP contribution in [-0.4, -0.2) is 55.3 Å². The van der Waals surface area contributed by atoms with E-state index in [1.54, 1.807) is 24.3 Å². The van der Waals surface area contributed by atoms with Crippen molar-refractivity contribution in [1.82, 2.24) is 9.80 Å². The normalized spacial score (nSPS) is 14.7. The Morgan fingerprint density at radius 1 is 1.13 bits per heavy atom. The lowest BCUT2D eigenvalue weighted by molar-refractivity contribution is 0.0701. The number of carbonyl (C=O) groups excluding carboxylic acids is 2. The van der Waals surface area contributed by atoms with E-state index >= 15 is 0 Å². The summed E-state index contributed by atoms with van der Waals surface area (Å²) in [6.45, 7) is 2.28. The first kappa shape index (κ1) is 22.8. The molecule has 0 radical (unpaired) electrons. The SMILES string of the molecule is CN(C)CCN(CC1CCCCC1)C(=O)c1ccc(Cl)c(NC(=O)c2cccs2)c1. The number of amides is 2. The fraction of sp³-hybridized carbons (Fsp3) is 0.478. The highest BCUT2D eigenvalue weighted by Gasteiger charge is 2.23. The molecule has 30 heavy (non-hydrogen) atoms. The third-order valence-electron chi connectivity index (χ3n) is 5.51. The molecule has 7 heteroatoms. The lowest BCUT2D eigenvalue weighted by atomic mass is 9.89. The van der Waals surface area contributed by atoms with Crippen LogP contribution in [0.15, 0.2) is 35.7 Å². The zero-order valence-corrected chi connectivity index (χ0v) is 19.3. The summed E-state index contributed by atoms with van der Waals surface area (Å²) in [5, 5.41) is 5.11. The van der Waals surface area contributed by atoms with Crippen molar-refractivity contribution in [3.63, 3.8) is 0 Å². The highest BCUT2D eigenvalue weighted by Crippen LogP contribution is 2.27. The van der Waals surface area contributed by atoms with Crippen molar-refractivity contribution < 1.29 is 9.59 Å². The molecule has 0 spiro atoms. The second-order valence-electron chi connectivity index (χ2n) is 8.18. The fourth-order valence-corrected chi connectivity index (χ4v) is 4.59. The maximum absolute atomic E-state index is 13.4. The van der Waals surface area contributed by atoms with E-state index in [4.69, 9.17) is 11.6 Å². The van der Waals surface area contributed by atoms with Gasteiger partial charge in [-0.2, -0.15) is 0 Å². The van der Waals surface area contributed by atoms with Gasteiger partial charge in [0.2, 0.25) is 0 Å². The fourth-order valence-electron chi connectivity index (χ4n) is 3.81. The van der Waals surface area contributed by atoms with E-state index in [0.29, 0.717) is 33.6 Å². The monoisotopic (exact) mass is 447 g/mol. The standard InChI is InChI=1S/C23H30ClN3O2S/c1-26(2)12-13-27(16-17-7-4-3-5-8-17)23(29)18-10-11-19(24)20(15-18)25-22(28)21-9-6-14-30-21/h6,9-11,14-15,17H,3-5,7-8,12-13,16H2,1-2H3,(H,25,28). The third-order valence-corrected chi connectivity index (χ3v) is 6.71. The Kier molecular flexibility index (Phi) is 8.31. The number of anilines is 1. The molecule has 1 aromatic carbocycles. The molecule has 1 aliphatic carbocycles. The third kappa shape index (κ3) is 6.30. The summed E-state index contributed by atoms with van der Waals surface area (Å²) in [6.07, 6.45) is 6.18. The first-order valence-corrected chi connectivity index (χ1v) is 11.8. The predicted molar refractivity (Wildman–Crippen MR) is 125 cm³/mol. The molecule has 0 bridgehead atoms. The van der Waals surface area contributed by atoms with Crippen molar-refractivity contribution in [2.75, 3.05) is 39.0 Å². The van der Waals surface area contributed by atoms with E-state index in [9.17, 15) is 9.59 Å². The Bertz CT molecular complexity index is 848. The molecule has 2 amide bonds. The number of likely N-dealkylation sites (N-methyl/N-ethyl adjacent to an activating group) is 1. The summed E-state index contributed by atoms with van der Waals surface area (Å²) in [5.41, 5.74) is 1.02. The maximum atomic E-state index is 13.4. The van der Waals surface area contributed by atoms with Crippen molar-refractivity contribution in [2.45, 2.75) is 32.1 Å². The Balaban J connectivity index is 1.76. The van der Waals surface area contributed by atoms with Gasteiger partial charge in [-0.05, 0) is 62.5 Å². The number of nitrogens with zero attached hydrogens (tertiary/aromatic N) is 2. The van der Waals surface area contributed by atoms with Gasteiger partial charge in [0.25, 0.3) is 11.8 Å². The van der Waals surface area contributed by atoms with Gasteiger partial charge in [-0.25, -0.2) is 0 Å². The van der Waals surface area contributed by atoms with Crippen molar-refractivity contribution in [3.8, 4) is 0 Å². The lowest BCUT2D eigenvalue weighted by Gasteiger charge is -2.31. The number of halogens is 1. The maximum Gasteiger partial charge on any atom is 0.265 e. The minimum absolute atomic E-state index is 0.00860. The molecule has 1 saturated carbocycles. The van der Waals surface area contributed by atoms with Gasteiger partial charge in [-0.1, -0.05) is 36.9 Å². The molecule has 0 unspecified atom stereocenters. The number of rotatable bonds is 8. The topological polar surface area (TPSA) is 52.6 Å². The number of benzene rings is 1. The van der Waals surface area contributed by atoms with Crippen LogP contribution in [0.3, 0.4) is 0 Å². The minimum Gasteiger partial charge on any atom is -0.337 e. The molecule has 5 nitrogen and oxygen atoms in total. The van der Waals surface area contributed by atoms with E-state index < -0.39 is 0 Å². The molecule has 3 rings (SSSR count). The van der Waals surface area contributed by atoms with Crippen LogP contribution in [0.5, 0.6) is 0 Å². The van der Waals surface area contributed by atoms with Crippen molar-refractivity contribution >= 4 is 40.4 Å². The molecule has 0 saturated heterocycles. The Morgan fingerprint density at radius 3 is 2.57 bits per heavy atom. The van der Waals surface area contributed by atoms with Crippen molar-refractivity contribution in [3.05, 3.63) is 51.2 Å². The number of hydrogen-bond acceptors (Lipinski definition) is 4. The van der Waals surface area contributed by atoms with Crippen LogP contribution >= 0.6 is 22.9 Å². The van der Waals surface area contributed by atoms with E-state index in [1.807, 2.05) is 30.4 Å². The smallest absolute Gasteiger partial charge is 0.265 e. The summed E-state index contributed by atoms with van der Waals surface area (Å²) < 4.78 is 0. The molecule has 2 aromatic rings. The zero-order chi connectivity index (χ0) is 21.5. The predicted octanol–water partition coefficient (Wildman–Crippen LogP) is 5.24. The number of nitrogens with one attached hydrogen (secondary N) is 1. The summed E-state index contributed by atoms with van der Waals surface area (Å²) in [4.78, 5) is 30.4. The molecule has 1 aromatic heterocycles. The van der Waals surface area contributed by atoms with E-state index in [-0.39, 0.29) is 11.8 Å². The summed E-state index contributed by atoms with van der Waals surface area (Å²) >= 11 is 7.67. The van der Waals surface area contributed by atoms with Gasteiger partial charge in [0.1, 0.15) is 0 Å². The summed E-state index contributed by atoms with van der Waals surface area (Å²) in [6, 6.07) is 8.71. The Morgan fingerprint density at radius 2 is 1.90 bits per heavy atom. The molecule has 1 fully saturated rings. The minimum atomic E-state index is -0.219. The van der Waals surface area contributed by atoms with E-state index in [2.05, 4.69) is 10.2 Å². The van der Waals surface area contributed by atoms with Crippen LogP contribution in [0.4, 0.5) is 5.69 Å². The zero-order valence-electron chi connectivity index (χ0n) is 17.7. The molecule has 1 heterocycles. The molecule has 1 aliphatic rings. The molecule has 162 valence electrons. The Hall–Kier alpha value is -1.89. The number of carbonyl (C=O) groups is 2. The summed E-state index contributed by atoms with van der Waals surface area (Å²) in [5.74, 6) is 0.337. The van der Waals surface area contributed by atoms with Gasteiger partial charge in [-0.15, -0.1) is 11.3 Å². The quantitative estimate of drug-likeness (QED) is 0.602. The van der Waals surface area contributed by atoms with Crippen LogP contribution in [0.1, 0.15) is 52.1 Å². The van der Waals surface area contributed by atoms with Gasteiger partial charge >= 0.3 is 0 Å². The van der Waals surface area contributed by atoms with Crippen LogP contribution in [0, 0.1) is 5.92 Å². The molecule has 1 N–H and O–H groups in total. The molecule has 0 aliphatic heterocycles. The first-order valence-electron chi connectivity index (χ1n) is 10.5. The van der Waals surface area contributed by atoms with Gasteiger partial charge < -0.3 is 15.1 Å². The number of hydrogen-bond donors (Lipinski definition) is 1. The van der Waals surface area contributed by atoms with Crippen molar-refractivity contribution in [2.24, 2.45) is 5.92 Å². The second-order valence-corrected chi connectivity index (χ2v) is 9.54. The second kappa shape index (κ2) is 10.9. The average molecular weight is 448 g/mol. The van der Waals surface area contributed by atoms with E-state index in [1.165, 1.54) is 43.4 Å². The lowest BCUT2D eigenvalue weighted by Crippen LogP contribution is -2.40. The average Bonchev–Trinajstić information content (AvgIpc) is 3.28. The highest BCUT2D eigenvalue weighted by molar-refractivity contribution is 7.12. The summed E-state index contributed by atoms with van der Waals surface area (Å²) in [7, 11) is 4.04. The largest absolute Gasteiger partial charge is 0.337 e. The van der Waals surface area contributed by atoms with E-state index in [0.717, 1.165) is 13.1 Å². The van der Waals surface area contributed by atoms with Gasteiger partial charge in [0.05, 0.1) is 15.6 Å². The molecule has 0 atom stereocenters. The molecular weight excluding hydrogens is 418 g/mol. The highest BCUT2D eigenvalue weighted by atomic mass is 35.5. The first-order chi connectivity index (χ1) is 14.4. The van der Waals surface area contributed by atoms with Gasteiger partial charge in [0, 0.05) is 25.2 Å². The van der Waals surface area contributed by atoms with Crippen LogP contribution in [0.2, 0.25) is 5.02 Å². The van der Waals surface area contributed by atoms with Crippen molar-refractivity contribution in [1.29, 1.82) is 0 Å². The Labute approximate surface area is 188 Å². The van der Waals surface area contributed by atoms with Gasteiger partial charge in [-0.3, -0.25) is 9.59 Å². The van der Waals surface area contributed by atoms with Crippen LogP contribution < -0.4 is 5.32 Å². The number of thiophene rings is 1. The van der Waals surface area contributed by atoms with Crippen LogP contribution in [0.25, 0.3) is 0 Å².